The molecule has 4 nitrogen and oxygen atoms in total. The Balaban J connectivity index is 2.16. The highest BCUT2D eigenvalue weighted by Crippen LogP contribution is 2.07. The molecule has 0 saturated heterocycles. The van der Waals surface area contributed by atoms with E-state index in [0.29, 0.717) is 11.5 Å². The van der Waals surface area contributed by atoms with E-state index in [4.69, 9.17) is 4.74 Å². The van der Waals surface area contributed by atoms with Crippen molar-refractivity contribution in [1.29, 1.82) is 0 Å². The van der Waals surface area contributed by atoms with Gasteiger partial charge in [-0.15, -0.1) is 5.10 Å². The Kier molecular flexibility index (Phi) is 4.27. The van der Waals surface area contributed by atoms with Crippen LogP contribution in [-0.4, -0.2) is 29.4 Å². The van der Waals surface area contributed by atoms with Crippen molar-refractivity contribution >= 4 is 24.0 Å². The molecule has 0 aromatic carbocycles. The Labute approximate surface area is 93.8 Å². The number of nitrogens with zero attached hydrogens (tertiary/aromatic N) is 3. The molecule has 1 rings (SSSR count). The first-order valence-electron chi connectivity index (χ1n) is 4.60. The molecule has 0 fully saturated rings. The molecule has 80 valence electrons. The van der Waals surface area contributed by atoms with Crippen LogP contribution in [0.25, 0.3) is 0 Å². The van der Waals surface area contributed by atoms with Crippen molar-refractivity contribution < 1.29 is 4.74 Å². The first-order chi connectivity index (χ1) is 6.47. The number of hydrogen-bond acceptors (Lipinski definition) is 3. The van der Waals surface area contributed by atoms with Crippen molar-refractivity contribution in [3.63, 3.8) is 0 Å². The zero-order chi connectivity index (χ0) is 10.6. The molecule has 1 heterocycles. The van der Waals surface area contributed by atoms with Crippen LogP contribution >= 0.6 is 15.9 Å². The van der Waals surface area contributed by atoms with Gasteiger partial charge in [-0.25, -0.2) is 9.67 Å². The van der Waals surface area contributed by atoms with Crippen LogP contribution in [0.3, 0.4) is 0 Å². The maximum atomic E-state index is 5.48. The van der Waals surface area contributed by atoms with E-state index in [2.05, 4.69) is 45.7 Å². The summed E-state index contributed by atoms with van der Waals surface area (Å²) in [4.78, 5) is 3.94. The summed E-state index contributed by atoms with van der Waals surface area (Å²) in [5.74, 6) is 0. The Morgan fingerprint density at radius 3 is 2.71 bits per heavy atom. The largest absolute Gasteiger partial charge is 0.359 e. The summed E-state index contributed by atoms with van der Waals surface area (Å²) in [6, 6.07) is 1.18. The van der Waals surface area contributed by atoms with Gasteiger partial charge in [-0.3, -0.25) is 0 Å². The van der Waals surface area contributed by atoms with Crippen LogP contribution in [-0.2, 0) is 11.5 Å². The molecule has 0 unspecified atom stereocenters. The first-order valence-corrected chi connectivity index (χ1v) is 9.10. The lowest BCUT2D eigenvalue weighted by Crippen LogP contribution is -2.22. The van der Waals surface area contributed by atoms with Crippen LogP contribution < -0.4 is 0 Å². The third kappa shape index (κ3) is 4.87. The van der Waals surface area contributed by atoms with Crippen LogP contribution in [0.4, 0.5) is 0 Å². The average molecular weight is 278 g/mol. The minimum atomic E-state index is -0.970. The van der Waals surface area contributed by atoms with Crippen LogP contribution in [0.15, 0.2) is 11.1 Å². The first kappa shape index (κ1) is 11.9. The number of rotatable bonds is 5. The highest BCUT2D eigenvalue weighted by atomic mass is 79.9. The lowest BCUT2D eigenvalue weighted by atomic mass is 10.8. The molecule has 0 aliphatic rings. The molecule has 1 aromatic rings. The van der Waals surface area contributed by atoms with E-state index in [1.807, 2.05) is 0 Å². The zero-order valence-corrected chi connectivity index (χ0v) is 11.4. The molecule has 0 N–H and O–H groups in total. The third-order valence-corrected chi connectivity index (χ3v) is 3.80. The normalized spacial score (nSPS) is 12.0. The molecule has 0 atom stereocenters. The third-order valence-electron chi connectivity index (χ3n) is 1.73. The van der Waals surface area contributed by atoms with Crippen molar-refractivity contribution in [3.8, 4) is 0 Å². The predicted octanol–water partition coefficient (Wildman–Crippen LogP) is 2.35. The Hall–Kier alpha value is -0.203. The summed E-state index contributed by atoms with van der Waals surface area (Å²) in [6.45, 7) is 8.31. The Bertz CT molecular complexity index is 284. The zero-order valence-electron chi connectivity index (χ0n) is 8.83. The van der Waals surface area contributed by atoms with Gasteiger partial charge in [-0.1, -0.05) is 19.6 Å². The molecule has 0 saturated carbocycles. The molecule has 0 radical (unpaired) electrons. The summed E-state index contributed by atoms with van der Waals surface area (Å²) in [6.07, 6.45) is 1.65. The van der Waals surface area contributed by atoms with E-state index in [1.165, 1.54) is 6.04 Å². The maximum Gasteiger partial charge on any atom is 0.217 e. The van der Waals surface area contributed by atoms with E-state index in [-0.39, 0.29) is 0 Å². The molecule has 0 aliphatic heterocycles. The van der Waals surface area contributed by atoms with Crippen LogP contribution in [0, 0.1) is 0 Å². The average Bonchev–Trinajstić information content (AvgIpc) is 2.44. The molecule has 6 heteroatoms. The van der Waals surface area contributed by atoms with E-state index < -0.39 is 8.07 Å². The quantitative estimate of drug-likeness (QED) is 0.613. The van der Waals surface area contributed by atoms with Gasteiger partial charge in [0, 0.05) is 14.7 Å². The van der Waals surface area contributed by atoms with E-state index in [9.17, 15) is 0 Å². The Morgan fingerprint density at radius 2 is 2.21 bits per heavy atom. The van der Waals surface area contributed by atoms with E-state index in [1.54, 1.807) is 11.0 Å². The lowest BCUT2D eigenvalue weighted by Gasteiger charge is -2.15. The second-order valence-corrected chi connectivity index (χ2v) is 10.7. The number of halogens is 1. The fraction of sp³-hybridized carbons (Fsp3) is 0.750. The summed E-state index contributed by atoms with van der Waals surface area (Å²) < 4.78 is 7.76. The molecule has 0 spiro atoms. The standard InChI is InChI=1S/C8H16BrN3OSi/c1-14(2,3)5-4-13-7-12-6-10-8(9)11-12/h6H,4-5,7H2,1-3H3. The fourth-order valence-electron chi connectivity index (χ4n) is 0.871. The van der Waals surface area contributed by atoms with Crippen LogP contribution in [0.5, 0.6) is 0 Å². The number of ether oxygens (including phenoxy) is 1. The van der Waals surface area contributed by atoms with E-state index >= 15 is 0 Å². The smallest absolute Gasteiger partial charge is 0.217 e. The van der Waals surface area contributed by atoms with Gasteiger partial charge in [0.2, 0.25) is 4.73 Å². The molecule has 1 aromatic heterocycles. The van der Waals surface area contributed by atoms with Crippen molar-refractivity contribution in [2.45, 2.75) is 32.4 Å². The molecule has 14 heavy (non-hydrogen) atoms. The molecule has 0 aliphatic carbocycles. The van der Waals surface area contributed by atoms with Crippen LogP contribution in [0.2, 0.25) is 25.7 Å². The van der Waals surface area contributed by atoms with Gasteiger partial charge in [0.1, 0.15) is 13.1 Å². The van der Waals surface area contributed by atoms with Gasteiger partial charge in [-0.05, 0) is 22.0 Å². The van der Waals surface area contributed by atoms with Crippen molar-refractivity contribution in [2.75, 3.05) is 6.61 Å². The number of hydrogen-bond donors (Lipinski definition) is 0. The molecule has 0 amide bonds. The minimum Gasteiger partial charge on any atom is -0.359 e. The fourth-order valence-corrected chi connectivity index (χ4v) is 1.92. The second-order valence-electron chi connectivity index (χ2n) is 4.40. The van der Waals surface area contributed by atoms with Crippen molar-refractivity contribution in [2.24, 2.45) is 0 Å². The summed E-state index contributed by atoms with van der Waals surface area (Å²) in [5, 5.41) is 4.05. The van der Waals surface area contributed by atoms with Gasteiger partial charge in [-0.2, -0.15) is 0 Å². The van der Waals surface area contributed by atoms with Gasteiger partial charge >= 0.3 is 0 Å². The highest BCUT2D eigenvalue weighted by Gasteiger charge is 2.11. The predicted molar refractivity (Wildman–Crippen MR) is 61.8 cm³/mol. The molecule has 0 bridgehead atoms. The van der Waals surface area contributed by atoms with Crippen LogP contribution in [0.1, 0.15) is 0 Å². The van der Waals surface area contributed by atoms with Gasteiger partial charge in [0.05, 0.1) is 0 Å². The highest BCUT2D eigenvalue weighted by molar-refractivity contribution is 9.10. The molecular formula is C8H16BrN3OSi. The minimum absolute atomic E-state index is 0.489. The van der Waals surface area contributed by atoms with E-state index in [0.717, 1.165) is 6.61 Å². The summed E-state index contributed by atoms with van der Waals surface area (Å²) >= 11 is 3.18. The van der Waals surface area contributed by atoms with Crippen molar-refractivity contribution in [3.05, 3.63) is 11.1 Å². The monoisotopic (exact) mass is 277 g/mol. The number of aromatic nitrogens is 3. The molecular weight excluding hydrogens is 262 g/mol. The van der Waals surface area contributed by atoms with Gasteiger partial charge in [0.15, 0.2) is 0 Å². The lowest BCUT2D eigenvalue weighted by molar-refractivity contribution is 0.0781. The van der Waals surface area contributed by atoms with Gasteiger partial charge < -0.3 is 4.74 Å². The SMILES string of the molecule is C[Si](C)(C)CCOCn1cnc(Br)n1. The summed E-state index contributed by atoms with van der Waals surface area (Å²) in [5.41, 5.74) is 0. The topological polar surface area (TPSA) is 39.9 Å². The van der Waals surface area contributed by atoms with Gasteiger partial charge in [0.25, 0.3) is 0 Å². The summed E-state index contributed by atoms with van der Waals surface area (Å²) in [7, 11) is -0.970. The maximum absolute atomic E-state index is 5.48. The Morgan fingerprint density at radius 1 is 1.50 bits per heavy atom. The van der Waals surface area contributed by atoms with Crippen molar-refractivity contribution in [1.82, 2.24) is 14.8 Å². The second kappa shape index (κ2) is 5.04.